The van der Waals surface area contributed by atoms with E-state index in [2.05, 4.69) is 15.3 Å². The first-order chi connectivity index (χ1) is 12.4. The molecule has 2 unspecified atom stereocenters. The number of rotatable bonds is 2. The quantitative estimate of drug-likeness (QED) is 0.688. The van der Waals surface area contributed by atoms with Crippen molar-refractivity contribution >= 4 is 29.4 Å². The Labute approximate surface area is 151 Å². The monoisotopic (exact) mass is 358 g/mol. The molecule has 2 bridgehead atoms. The molecule has 0 aromatic heterocycles. The van der Waals surface area contributed by atoms with Crippen LogP contribution in [-0.4, -0.2) is 65.5 Å². The van der Waals surface area contributed by atoms with E-state index in [-0.39, 0.29) is 23.5 Å². The molecular formula is C17H22N6O3. The van der Waals surface area contributed by atoms with Crippen LogP contribution in [0, 0.1) is 0 Å². The lowest BCUT2D eigenvalue weighted by Crippen LogP contribution is -2.72. The van der Waals surface area contributed by atoms with Gasteiger partial charge in [0.25, 0.3) is 5.91 Å². The van der Waals surface area contributed by atoms with Crippen molar-refractivity contribution in [2.45, 2.75) is 25.6 Å². The van der Waals surface area contributed by atoms with Crippen LogP contribution in [0.3, 0.4) is 0 Å². The van der Waals surface area contributed by atoms with Gasteiger partial charge in [0.2, 0.25) is 11.6 Å². The molecule has 1 amide bonds. The van der Waals surface area contributed by atoms with Crippen molar-refractivity contribution in [3.8, 4) is 0 Å². The first-order valence-corrected chi connectivity index (χ1v) is 8.49. The molecule has 1 spiro atoms. The number of carboxylic acids is 1. The predicted molar refractivity (Wildman–Crippen MR) is 98.4 cm³/mol. The number of nitrogens with two attached hydrogens (primary N) is 1. The van der Waals surface area contributed by atoms with Gasteiger partial charge in [-0.25, -0.2) is 4.79 Å². The maximum atomic E-state index is 12.9. The maximum Gasteiger partial charge on any atom is 0.335 e. The lowest BCUT2D eigenvalue weighted by molar-refractivity contribution is -0.127. The fraction of sp³-hybridized carbons (Fsp3) is 0.412. The second-order valence-corrected chi connectivity index (χ2v) is 6.02. The Hall–Kier alpha value is -2.94. The summed E-state index contributed by atoms with van der Waals surface area (Å²) in [5.74, 6) is -0.903. The summed E-state index contributed by atoms with van der Waals surface area (Å²) >= 11 is 0. The van der Waals surface area contributed by atoms with Crippen molar-refractivity contribution in [1.82, 2.24) is 10.2 Å². The summed E-state index contributed by atoms with van der Waals surface area (Å²) in [7, 11) is 1.86. The van der Waals surface area contributed by atoms with E-state index in [4.69, 9.17) is 10.8 Å². The highest BCUT2D eigenvalue weighted by Crippen LogP contribution is 2.40. The molecule has 0 aliphatic carbocycles. The second-order valence-electron chi connectivity index (χ2n) is 6.02. The first-order valence-electron chi connectivity index (χ1n) is 8.49. The molecule has 0 radical (unpaired) electrons. The number of anilines is 1. The molecule has 1 aromatic rings. The molecule has 3 aliphatic rings. The molecule has 2 atom stereocenters. The first kappa shape index (κ1) is 17.9. The molecule has 1 fully saturated rings. The van der Waals surface area contributed by atoms with E-state index in [0.29, 0.717) is 18.9 Å². The summed E-state index contributed by atoms with van der Waals surface area (Å²) in [4.78, 5) is 36.4. The standard InChI is InChI=1S/C15H16N6O3.C2H6/c1-20-10-6-17-12-15(20,13(24)19-14(16)18-12)21(7-10)9-4-2-8(3-5-9)11(22)23;1-2/h2-5,10H,6-7H2,1H3,(H,22,23)(H3,16,17,18,19,24);1-2H3. The number of carbonyl (C=O) groups is 2. The number of benzene rings is 1. The van der Waals surface area contributed by atoms with Gasteiger partial charge in [-0.1, -0.05) is 13.8 Å². The van der Waals surface area contributed by atoms with Gasteiger partial charge in [0.1, 0.15) is 0 Å². The summed E-state index contributed by atoms with van der Waals surface area (Å²) in [6.07, 6.45) is 0. The Morgan fingerprint density at radius 1 is 1.35 bits per heavy atom. The van der Waals surface area contributed by atoms with Crippen molar-refractivity contribution in [3.63, 3.8) is 0 Å². The van der Waals surface area contributed by atoms with Crippen molar-refractivity contribution in [3.05, 3.63) is 29.8 Å². The fourth-order valence-electron chi connectivity index (χ4n) is 3.60. The average Bonchev–Trinajstić information content (AvgIpc) is 2.80. The lowest BCUT2D eigenvalue weighted by atomic mass is 10.0. The van der Waals surface area contributed by atoms with Crippen LogP contribution >= 0.6 is 0 Å². The summed E-state index contributed by atoms with van der Waals surface area (Å²) in [5, 5.41) is 11.6. The van der Waals surface area contributed by atoms with Crippen molar-refractivity contribution in [2.24, 2.45) is 15.7 Å². The largest absolute Gasteiger partial charge is 0.478 e. The van der Waals surface area contributed by atoms with Crippen molar-refractivity contribution in [1.29, 1.82) is 0 Å². The maximum absolute atomic E-state index is 12.9. The third-order valence-electron chi connectivity index (χ3n) is 4.82. The van der Waals surface area contributed by atoms with Gasteiger partial charge in [-0.05, 0) is 31.3 Å². The van der Waals surface area contributed by atoms with Gasteiger partial charge in [-0.2, -0.15) is 4.99 Å². The second kappa shape index (κ2) is 6.41. The number of amides is 1. The number of hydrogen-bond acceptors (Lipinski definition) is 7. The molecule has 3 heterocycles. The van der Waals surface area contributed by atoms with Crippen LogP contribution in [0.4, 0.5) is 5.69 Å². The lowest BCUT2D eigenvalue weighted by Gasteiger charge is -2.44. The van der Waals surface area contributed by atoms with Gasteiger partial charge < -0.3 is 15.7 Å². The number of nitrogens with zero attached hydrogens (tertiary/aromatic N) is 4. The van der Waals surface area contributed by atoms with Crippen molar-refractivity contribution < 1.29 is 14.7 Å². The molecule has 9 heteroatoms. The van der Waals surface area contributed by atoms with Gasteiger partial charge in [-0.3, -0.25) is 20.0 Å². The molecule has 3 aliphatic heterocycles. The molecule has 1 aromatic carbocycles. The number of carboxylic acid groups (broad SMARTS) is 1. The SMILES string of the molecule is CC.CN1C2CN=C3N=C(N)NC(=O)C31N(c1ccc(C(=O)O)cc1)C2. The topological polar surface area (TPSA) is 124 Å². The Kier molecular flexibility index (Phi) is 4.41. The Balaban J connectivity index is 0.000000948. The van der Waals surface area contributed by atoms with E-state index in [0.717, 1.165) is 5.69 Å². The van der Waals surface area contributed by atoms with E-state index in [9.17, 15) is 9.59 Å². The van der Waals surface area contributed by atoms with Crippen LogP contribution in [0.25, 0.3) is 0 Å². The molecule has 138 valence electrons. The number of likely N-dealkylation sites (N-methyl/N-ethyl adjacent to an activating group) is 1. The molecule has 4 N–H and O–H groups in total. The smallest absolute Gasteiger partial charge is 0.335 e. The van der Waals surface area contributed by atoms with Crippen LogP contribution in [-0.2, 0) is 4.79 Å². The van der Waals surface area contributed by atoms with Crippen LogP contribution < -0.4 is 16.0 Å². The van der Waals surface area contributed by atoms with Crippen LogP contribution in [0.15, 0.2) is 34.3 Å². The minimum absolute atomic E-state index is 0.0318. The van der Waals surface area contributed by atoms with Crippen LogP contribution in [0.1, 0.15) is 24.2 Å². The number of aromatic carboxylic acids is 1. The molecule has 9 nitrogen and oxygen atoms in total. The summed E-state index contributed by atoms with van der Waals surface area (Å²) < 4.78 is 0. The zero-order valence-electron chi connectivity index (χ0n) is 14.9. The number of guanidine groups is 1. The highest BCUT2D eigenvalue weighted by molar-refractivity contribution is 6.25. The van der Waals surface area contributed by atoms with E-state index >= 15 is 0 Å². The third kappa shape index (κ3) is 2.35. The highest BCUT2D eigenvalue weighted by Gasteiger charge is 2.62. The highest BCUT2D eigenvalue weighted by atomic mass is 16.4. The minimum atomic E-state index is -1.16. The molecular weight excluding hydrogens is 336 g/mol. The van der Waals surface area contributed by atoms with E-state index < -0.39 is 11.6 Å². The van der Waals surface area contributed by atoms with Crippen LogP contribution in [0.5, 0.6) is 0 Å². The molecule has 0 saturated carbocycles. The summed E-state index contributed by atoms with van der Waals surface area (Å²) in [6, 6.07) is 6.49. The third-order valence-corrected chi connectivity index (χ3v) is 4.82. The minimum Gasteiger partial charge on any atom is -0.478 e. The number of carbonyl (C=O) groups excluding carboxylic acids is 1. The molecule has 1 saturated heterocycles. The van der Waals surface area contributed by atoms with Crippen molar-refractivity contribution in [2.75, 3.05) is 25.0 Å². The molecule has 26 heavy (non-hydrogen) atoms. The predicted octanol–water partition coefficient (Wildman–Crippen LogP) is 0.0843. The Bertz CT molecular complexity index is 803. The van der Waals surface area contributed by atoms with E-state index in [1.807, 2.05) is 30.7 Å². The van der Waals surface area contributed by atoms with Gasteiger partial charge in [0.15, 0.2) is 5.84 Å². The number of amidine groups is 1. The number of nitrogens with one attached hydrogen (secondary N) is 1. The molecule has 4 rings (SSSR count). The summed E-state index contributed by atoms with van der Waals surface area (Å²) in [6.45, 7) is 5.11. The number of aliphatic imine (C=N–C) groups is 2. The van der Waals surface area contributed by atoms with Gasteiger partial charge >= 0.3 is 5.97 Å². The number of hydrogen-bond donors (Lipinski definition) is 3. The number of fused-ring (bicyclic) bond motifs is 1. The van der Waals surface area contributed by atoms with E-state index in [1.54, 1.807) is 12.1 Å². The Morgan fingerprint density at radius 3 is 2.62 bits per heavy atom. The van der Waals surface area contributed by atoms with Crippen LogP contribution in [0.2, 0.25) is 0 Å². The van der Waals surface area contributed by atoms with E-state index in [1.165, 1.54) is 12.1 Å². The fourth-order valence-corrected chi connectivity index (χ4v) is 3.60. The normalized spacial score (nSPS) is 26.8. The van der Waals surface area contributed by atoms with Gasteiger partial charge in [-0.15, -0.1) is 0 Å². The Morgan fingerprint density at radius 2 is 2.00 bits per heavy atom. The summed E-state index contributed by atoms with van der Waals surface area (Å²) in [5.41, 5.74) is 5.44. The zero-order valence-corrected chi connectivity index (χ0v) is 14.9. The van der Waals surface area contributed by atoms with Gasteiger partial charge in [0, 0.05) is 18.3 Å². The van der Waals surface area contributed by atoms with Gasteiger partial charge in [0.05, 0.1) is 12.1 Å². The zero-order chi connectivity index (χ0) is 19.1. The average molecular weight is 358 g/mol.